The number of esters is 1. The Morgan fingerprint density at radius 1 is 1.18 bits per heavy atom. The fraction of sp³-hybridized carbons (Fsp3) is 0.333. The lowest BCUT2D eigenvalue weighted by Gasteiger charge is -2.18. The van der Waals surface area contributed by atoms with Gasteiger partial charge in [0, 0.05) is 29.4 Å². The molecular formula is C18H21NO3. The highest BCUT2D eigenvalue weighted by Gasteiger charge is 2.20. The van der Waals surface area contributed by atoms with Crippen molar-refractivity contribution in [3.05, 3.63) is 58.9 Å². The Morgan fingerprint density at radius 3 is 2.41 bits per heavy atom. The maximum atomic E-state index is 12.6. The summed E-state index contributed by atoms with van der Waals surface area (Å²) >= 11 is 0. The molecule has 116 valence electrons. The third-order valence-corrected chi connectivity index (χ3v) is 3.73. The molecule has 0 bridgehead atoms. The highest BCUT2D eigenvalue weighted by atomic mass is 16.5. The summed E-state index contributed by atoms with van der Waals surface area (Å²) in [5, 5.41) is 0. The van der Waals surface area contributed by atoms with Gasteiger partial charge in [-0.1, -0.05) is 30.3 Å². The van der Waals surface area contributed by atoms with Crippen LogP contribution in [-0.2, 0) is 9.53 Å². The van der Waals surface area contributed by atoms with Crippen LogP contribution in [0.25, 0.3) is 0 Å². The second-order valence-corrected chi connectivity index (χ2v) is 5.50. The van der Waals surface area contributed by atoms with E-state index in [0.717, 1.165) is 11.4 Å². The Kier molecular flexibility index (Phi) is 4.81. The van der Waals surface area contributed by atoms with Gasteiger partial charge >= 0.3 is 5.97 Å². The van der Waals surface area contributed by atoms with E-state index >= 15 is 0 Å². The Hall–Kier alpha value is -2.36. The molecule has 0 aliphatic rings. The number of aryl methyl sites for hydroxylation is 1. The van der Waals surface area contributed by atoms with Crippen molar-refractivity contribution in [2.45, 2.75) is 33.7 Å². The van der Waals surface area contributed by atoms with Crippen LogP contribution >= 0.6 is 0 Å². The molecule has 2 aromatic rings. The molecule has 4 nitrogen and oxygen atoms in total. The second-order valence-electron chi connectivity index (χ2n) is 5.50. The van der Waals surface area contributed by atoms with Crippen LogP contribution in [-0.4, -0.2) is 22.9 Å². The molecule has 1 atom stereocenters. The average Bonchev–Trinajstić information content (AvgIpc) is 2.80. The lowest BCUT2D eigenvalue weighted by atomic mass is 10.0. The predicted molar refractivity (Wildman–Crippen MR) is 85.1 cm³/mol. The summed E-state index contributed by atoms with van der Waals surface area (Å²) in [4.78, 5) is 23.6. The van der Waals surface area contributed by atoms with Crippen molar-refractivity contribution in [1.82, 2.24) is 4.57 Å². The zero-order valence-corrected chi connectivity index (χ0v) is 13.4. The molecule has 1 heterocycles. The molecule has 0 radical (unpaired) electrons. The number of nitrogens with zero attached hydrogens (tertiary/aromatic N) is 1. The van der Waals surface area contributed by atoms with Crippen LogP contribution < -0.4 is 0 Å². The minimum absolute atomic E-state index is 0.0128. The van der Waals surface area contributed by atoms with Gasteiger partial charge < -0.3 is 9.30 Å². The number of aromatic nitrogens is 1. The topological polar surface area (TPSA) is 48.3 Å². The molecule has 1 aromatic heterocycles. The van der Waals surface area contributed by atoms with Crippen LogP contribution in [0.3, 0.4) is 0 Å². The van der Waals surface area contributed by atoms with Gasteiger partial charge in [-0.05, 0) is 26.8 Å². The van der Waals surface area contributed by atoms with E-state index in [9.17, 15) is 9.59 Å². The monoisotopic (exact) mass is 299 g/mol. The maximum Gasteiger partial charge on any atom is 0.302 e. The molecule has 2 rings (SSSR count). The van der Waals surface area contributed by atoms with Crippen LogP contribution in [0, 0.1) is 13.8 Å². The summed E-state index contributed by atoms with van der Waals surface area (Å²) in [6.07, 6.45) is 0. The molecule has 0 saturated heterocycles. The Morgan fingerprint density at radius 2 is 1.82 bits per heavy atom. The summed E-state index contributed by atoms with van der Waals surface area (Å²) in [6.45, 7) is 7.54. The molecule has 4 heteroatoms. The van der Waals surface area contributed by atoms with Crippen molar-refractivity contribution >= 4 is 11.8 Å². The first-order valence-corrected chi connectivity index (χ1v) is 7.33. The van der Waals surface area contributed by atoms with Crippen molar-refractivity contribution in [3.8, 4) is 0 Å². The first kappa shape index (κ1) is 16.0. The third kappa shape index (κ3) is 3.27. The fourth-order valence-corrected chi connectivity index (χ4v) is 2.74. The van der Waals surface area contributed by atoms with E-state index in [-0.39, 0.29) is 17.8 Å². The number of carbonyl (C=O) groups excluding carboxylic acids is 2. The molecule has 22 heavy (non-hydrogen) atoms. The van der Waals surface area contributed by atoms with E-state index in [0.29, 0.717) is 17.7 Å². The van der Waals surface area contributed by atoms with E-state index in [4.69, 9.17) is 4.74 Å². The van der Waals surface area contributed by atoms with Gasteiger partial charge in [0.05, 0.1) is 6.04 Å². The van der Waals surface area contributed by atoms with Gasteiger partial charge in [-0.3, -0.25) is 9.59 Å². The van der Waals surface area contributed by atoms with Crippen LogP contribution in [0.4, 0.5) is 0 Å². The minimum atomic E-state index is -0.296. The van der Waals surface area contributed by atoms with E-state index in [1.807, 2.05) is 61.7 Å². The van der Waals surface area contributed by atoms with Gasteiger partial charge in [0.15, 0.2) is 5.78 Å². The zero-order chi connectivity index (χ0) is 16.3. The van der Waals surface area contributed by atoms with Gasteiger partial charge in [-0.15, -0.1) is 0 Å². The quantitative estimate of drug-likeness (QED) is 0.627. The van der Waals surface area contributed by atoms with Gasteiger partial charge in [0.2, 0.25) is 0 Å². The highest BCUT2D eigenvalue weighted by molar-refractivity contribution is 6.09. The molecule has 0 amide bonds. The highest BCUT2D eigenvalue weighted by Crippen LogP contribution is 2.23. The molecule has 0 spiro atoms. The molecule has 1 unspecified atom stereocenters. The van der Waals surface area contributed by atoms with Gasteiger partial charge in [-0.2, -0.15) is 0 Å². The lowest BCUT2D eigenvalue weighted by molar-refractivity contribution is -0.141. The van der Waals surface area contributed by atoms with Crippen molar-refractivity contribution in [2.75, 3.05) is 6.61 Å². The largest absolute Gasteiger partial charge is 0.464 e. The van der Waals surface area contributed by atoms with E-state index in [2.05, 4.69) is 0 Å². The summed E-state index contributed by atoms with van der Waals surface area (Å²) in [7, 11) is 0. The van der Waals surface area contributed by atoms with Crippen LogP contribution in [0.1, 0.15) is 47.2 Å². The lowest BCUT2D eigenvalue weighted by Crippen LogP contribution is -2.17. The van der Waals surface area contributed by atoms with Crippen molar-refractivity contribution in [2.24, 2.45) is 0 Å². The number of carbonyl (C=O) groups is 2. The number of rotatable bonds is 5. The predicted octanol–water partition coefficient (Wildman–Crippen LogP) is 3.46. The molecule has 0 saturated carbocycles. The first-order chi connectivity index (χ1) is 10.4. The van der Waals surface area contributed by atoms with Gasteiger partial charge in [-0.25, -0.2) is 0 Å². The number of ether oxygens (including phenoxy) is 1. The third-order valence-electron chi connectivity index (χ3n) is 3.73. The second kappa shape index (κ2) is 6.60. The molecule has 0 aliphatic carbocycles. The SMILES string of the molecule is CC(=O)OCC(C)n1c(C)cc(C(=O)c2ccccc2)c1C. The first-order valence-electron chi connectivity index (χ1n) is 7.33. The van der Waals surface area contributed by atoms with Crippen molar-refractivity contribution in [3.63, 3.8) is 0 Å². The maximum absolute atomic E-state index is 12.6. The number of benzene rings is 1. The Labute approximate surface area is 130 Å². The van der Waals surface area contributed by atoms with Gasteiger partial charge in [0.25, 0.3) is 0 Å². The standard InChI is InChI=1S/C18H21NO3/c1-12-10-17(18(21)16-8-6-5-7-9-16)14(3)19(12)13(2)11-22-15(4)20/h5-10,13H,11H2,1-4H3. The minimum Gasteiger partial charge on any atom is -0.464 e. The molecule has 0 fully saturated rings. The van der Waals surface area contributed by atoms with Crippen LogP contribution in [0.15, 0.2) is 36.4 Å². The molecule has 0 aliphatic heterocycles. The summed E-state index contributed by atoms with van der Waals surface area (Å²) in [6, 6.07) is 11.1. The average molecular weight is 299 g/mol. The van der Waals surface area contributed by atoms with Crippen molar-refractivity contribution < 1.29 is 14.3 Å². The van der Waals surface area contributed by atoms with E-state index in [1.165, 1.54) is 6.92 Å². The Bertz CT molecular complexity index is 686. The van der Waals surface area contributed by atoms with E-state index < -0.39 is 0 Å². The summed E-state index contributed by atoms with van der Waals surface area (Å²) in [5.41, 5.74) is 3.25. The smallest absolute Gasteiger partial charge is 0.302 e. The van der Waals surface area contributed by atoms with Gasteiger partial charge in [0.1, 0.15) is 6.61 Å². The molecular weight excluding hydrogens is 278 g/mol. The normalized spacial score (nSPS) is 12.0. The zero-order valence-electron chi connectivity index (χ0n) is 13.4. The summed E-state index contributed by atoms with van der Waals surface area (Å²) < 4.78 is 7.12. The number of hydrogen-bond donors (Lipinski definition) is 0. The number of ketones is 1. The molecule has 0 N–H and O–H groups in total. The molecule has 1 aromatic carbocycles. The van der Waals surface area contributed by atoms with E-state index in [1.54, 1.807) is 0 Å². The van der Waals surface area contributed by atoms with Crippen molar-refractivity contribution in [1.29, 1.82) is 0 Å². The number of hydrogen-bond acceptors (Lipinski definition) is 3. The summed E-state index contributed by atoms with van der Waals surface area (Å²) in [5.74, 6) is -0.283. The Balaban J connectivity index is 2.31. The fourth-order valence-electron chi connectivity index (χ4n) is 2.74. The van der Waals surface area contributed by atoms with Crippen LogP contribution in [0.5, 0.6) is 0 Å². The van der Waals surface area contributed by atoms with Crippen LogP contribution in [0.2, 0.25) is 0 Å².